The summed E-state index contributed by atoms with van der Waals surface area (Å²) in [6.07, 6.45) is 9.44. The molecule has 1 aromatic rings. The van der Waals surface area contributed by atoms with Crippen molar-refractivity contribution in [1.82, 2.24) is 14.8 Å². The van der Waals surface area contributed by atoms with Gasteiger partial charge in [0.2, 0.25) is 5.91 Å². The van der Waals surface area contributed by atoms with Gasteiger partial charge in [0.05, 0.1) is 5.54 Å². The van der Waals surface area contributed by atoms with E-state index in [1.165, 1.54) is 0 Å². The number of hydrogen-bond acceptors (Lipinski definition) is 3. The van der Waals surface area contributed by atoms with Crippen molar-refractivity contribution in [3.8, 4) is 0 Å². The van der Waals surface area contributed by atoms with Gasteiger partial charge in [0.25, 0.3) is 5.91 Å². The molecule has 2 saturated heterocycles. The average Bonchev–Trinajstić information content (AvgIpc) is 2.59. The molecular weight excluding hydrogens is 290 g/mol. The molecule has 2 aliphatic rings. The predicted octanol–water partition coefficient (Wildman–Crippen LogP) is 2.25. The highest BCUT2D eigenvalue weighted by atomic mass is 16.2. The van der Waals surface area contributed by atoms with Crippen molar-refractivity contribution in [1.29, 1.82) is 0 Å². The Balaban J connectivity index is 1.82. The number of likely N-dealkylation sites (tertiary alicyclic amines) is 2. The fraction of sp³-hybridized carbons (Fsp3) is 0.500. The molecular formula is C18H23N3O2. The van der Waals surface area contributed by atoms with E-state index in [4.69, 9.17) is 0 Å². The zero-order valence-electron chi connectivity index (χ0n) is 13.4. The molecule has 3 rings (SSSR count). The Kier molecular flexibility index (Phi) is 4.46. The first-order valence-electron chi connectivity index (χ1n) is 8.27. The lowest BCUT2D eigenvalue weighted by molar-refractivity contribution is -0.143. The van der Waals surface area contributed by atoms with Crippen LogP contribution >= 0.6 is 0 Å². The molecule has 0 aromatic carbocycles. The van der Waals surface area contributed by atoms with Gasteiger partial charge in [-0.05, 0) is 37.8 Å². The van der Waals surface area contributed by atoms with Crippen LogP contribution < -0.4 is 0 Å². The summed E-state index contributed by atoms with van der Waals surface area (Å²) in [6, 6.07) is 3.49. The topological polar surface area (TPSA) is 53.5 Å². The number of carbonyl (C=O) groups is 2. The van der Waals surface area contributed by atoms with Gasteiger partial charge in [-0.2, -0.15) is 0 Å². The fourth-order valence-corrected chi connectivity index (χ4v) is 3.91. The maximum Gasteiger partial charge on any atom is 0.254 e. The number of aromatic nitrogens is 1. The van der Waals surface area contributed by atoms with E-state index >= 15 is 0 Å². The van der Waals surface area contributed by atoms with Crippen LogP contribution in [0.2, 0.25) is 0 Å². The van der Waals surface area contributed by atoms with Crippen LogP contribution in [0.1, 0.15) is 42.5 Å². The second-order valence-corrected chi connectivity index (χ2v) is 6.44. The van der Waals surface area contributed by atoms with Crippen molar-refractivity contribution < 1.29 is 9.59 Å². The minimum atomic E-state index is -0.218. The van der Waals surface area contributed by atoms with Gasteiger partial charge < -0.3 is 9.80 Å². The zero-order valence-corrected chi connectivity index (χ0v) is 13.4. The molecule has 0 N–H and O–H groups in total. The van der Waals surface area contributed by atoms with E-state index in [0.717, 1.165) is 32.2 Å². The molecule has 5 heteroatoms. The highest BCUT2D eigenvalue weighted by molar-refractivity contribution is 5.94. The molecule has 3 heterocycles. The Morgan fingerprint density at radius 2 is 2.04 bits per heavy atom. The average molecular weight is 313 g/mol. The highest BCUT2D eigenvalue weighted by Gasteiger charge is 2.45. The van der Waals surface area contributed by atoms with Gasteiger partial charge in [0.15, 0.2) is 0 Å². The molecule has 23 heavy (non-hydrogen) atoms. The van der Waals surface area contributed by atoms with Crippen LogP contribution in [0.4, 0.5) is 0 Å². The Labute approximate surface area is 137 Å². The first-order valence-corrected chi connectivity index (χ1v) is 8.27. The summed E-state index contributed by atoms with van der Waals surface area (Å²) in [5.41, 5.74) is 0.444. The minimum Gasteiger partial charge on any atom is -0.336 e. The number of amides is 2. The molecule has 2 aliphatic heterocycles. The second kappa shape index (κ2) is 6.52. The summed E-state index contributed by atoms with van der Waals surface area (Å²) in [4.78, 5) is 32.9. The molecule has 1 aromatic heterocycles. The molecule has 2 fully saturated rings. The molecule has 0 saturated carbocycles. The number of rotatable bonds is 3. The number of piperidine rings is 2. The Morgan fingerprint density at radius 1 is 1.30 bits per heavy atom. The second-order valence-electron chi connectivity index (χ2n) is 6.44. The summed E-state index contributed by atoms with van der Waals surface area (Å²) in [7, 11) is 0. The molecule has 1 atom stereocenters. The Bertz CT molecular complexity index is 598. The lowest BCUT2D eigenvalue weighted by atomic mass is 9.79. The van der Waals surface area contributed by atoms with Gasteiger partial charge >= 0.3 is 0 Å². The number of nitrogens with zero attached hydrogens (tertiary/aromatic N) is 3. The van der Waals surface area contributed by atoms with Crippen LogP contribution in [0.5, 0.6) is 0 Å². The van der Waals surface area contributed by atoms with Crippen molar-refractivity contribution in [2.75, 3.05) is 19.6 Å². The molecule has 1 spiro atoms. The quantitative estimate of drug-likeness (QED) is 0.804. The SMILES string of the molecule is C=CCN1C(=O)CCC[C@]12CCCN(C(=O)c1ccncc1)C2. The zero-order chi connectivity index (χ0) is 16.3. The molecule has 0 radical (unpaired) electrons. The van der Waals surface area contributed by atoms with Crippen molar-refractivity contribution in [2.24, 2.45) is 0 Å². The number of carbonyl (C=O) groups excluding carboxylic acids is 2. The van der Waals surface area contributed by atoms with Gasteiger partial charge in [0.1, 0.15) is 0 Å². The van der Waals surface area contributed by atoms with Crippen molar-refractivity contribution in [2.45, 2.75) is 37.6 Å². The molecule has 0 unspecified atom stereocenters. The number of pyridine rings is 1. The minimum absolute atomic E-state index is 0.0306. The van der Waals surface area contributed by atoms with Gasteiger partial charge in [-0.15, -0.1) is 6.58 Å². The van der Waals surface area contributed by atoms with Crippen LogP contribution in [0, 0.1) is 0 Å². The summed E-state index contributed by atoms with van der Waals surface area (Å²) in [5, 5.41) is 0. The first-order chi connectivity index (χ1) is 11.2. The standard InChI is InChI=1S/C18H23N3O2/c1-2-12-21-16(22)5-3-8-18(21)9-4-13-20(14-18)17(23)15-6-10-19-11-7-15/h2,6-7,10-11H,1,3-5,8-9,12-14H2/t18-/m1/s1. The summed E-state index contributed by atoms with van der Waals surface area (Å²) < 4.78 is 0. The predicted molar refractivity (Wildman–Crippen MR) is 87.9 cm³/mol. The molecule has 0 bridgehead atoms. The largest absolute Gasteiger partial charge is 0.336 e. The normalized spacial score (nSPS) is 24.8. The molecule has 122 valence electrons. The van der Waals surface area contributed by atoms with E-state index < -0.39 is 0 Å². The van der Waals surface area contributed by atoms with Crippen LogP contribution in [-0.2, 0) is 4.79 Å². The van der Waals surface area contributed by atoms with Gasteiger partial charge in [-0.1, -0.05) is 6.08 Å². The van der Waals surface area contributed by atoms with Crippen molar-refractivity contribution in [3.05, 3.63) is 42.7 Å². The maximum atomic E-state index is 12.7. The van der Waals surface area contributed by atoms with Crippen LogP contribution in [0.25, 0.3) is 0 Å². The van der Waals surface area contributed by atoms with E-state index in [1.54, 1.807) is 30.6 Å². The van der Waals surface area contributed by atoms with Crippen LogP contribution in [0.15, 0.2) is 37.2 Å². The van der Waals surface area contributed by atoms with Crippen molar-refractivity contribution in [3.63, 3.8) is 0 Å². The smallest absolute Gasteiger partial charge is 0.254 e. The van der Waals surface area contributed by atoms with Gasteiger partial charge in [-0.25, -0.2) is 0 Å². The summed E-state index contributed by atoms with van der Waals surface area (Å²) >= 11 is 0. The molecule has 0 aliphatic carbocycles. The fourth-order valence-electron chi connectivity index (χ4n) is 3.91. The monoisotopic (exact) mass is 313 g/mol. The van der Waals surface area contributed by atoms with E-state index in [2.05, 4.69) is 11.6 Å². The Hall–Kier alpha value is -2.17. The molecule has 5 nitrogen and oxygen atoms in total. The van der Waals surface area contributed by atoms with E-state index in [-0.39, 0.29) is 17.4 Å². The van der Waals surface area contributed by atoms with Crippen LogP contribution in [0.3, 0.4) is 0 Å². The van der Waals surface area contributed by atoms with E-state index in [0.29, 0.717) is 25.1 Å². The third-order valence-electron chi connectivity index (χ3n) is 4.99. The van der Waals surface area contributed by atoms with Gasteiger partial charge in [-0.3, -0.25) is 14.6 Å². The van der Waals surface area contributed by atoms with Crippen LogP contribution in [-0.4, -0.2) is 51.8 Å². The number of hydrogen-bond donors (Lipinski definition) is 0. The van der Waals surface area contributed by atoms with Crippen molar-refractivity contribution >= 4 is 11.8 Å². The maximum absolute atomic E-state index is 12.7. The third-order valence-corrected chi connectivity index (χ3v) is 4.99. The van der Waals surface area contributed by atoms with Gasteiger partial charge in [0, 0.05) is 44.0 Å². The lowest BCUT2D eigenvalue weighted by Crippen LogP contribution is -2.63. The summed E-state index contributed by atoms with van der Waals surface area (Å²) in [6.45, 7) is 5.72. The van der Waals surface area contributed by atoms with E-state index in [9.17, 15) is 9.59 Å². The molecule has 2 amide bonds. The Morgan fingerprint density at radius 3 is 2.78 bits per heavy atom. The lowest BCUT2D eigenvalue weighted by Gasteiger charge is -2.51. The highest BCUT2D eigenvalue weighted by Crippen LogP contribution is 2.37. The van der Waals surface area contributed by atoms with E-state index in [1.807, 2.05) is 9.80 Å². The summed E-state index contributed by atoms with van der Waals surface area (Å²) in [5.74, 6) is 0.220. The third kappa shape index (κ3) is 3.00. The first kappa shape index (κ1) is 15.7.